The Morgan fingerprint density at radius 1 is 1.09 bits per heavy atom. The summed E-state index contributed by atoms with van der Waals surface area (Å²) >= 11 is 0. The maximum absolute atomic E-state index is 12.0. The normalized spacial score (nSPS) is 35.9. The van der Waals surface area contributed by atoms with Gasteiger partial charge >= 0.3 is 6.03 Å². The highest BCUT2D eigenvalue weighted by Crippen LogP contribution is 2.59. The largest absolute Gasteiger partial charge is 0.379 e. The lowest BCUT2D eigenvalue weighted by Gasteiger charge is -2.56. The molecular formula is C18H32N2O2. The van der Waals surface area contributed by atoms with Gasteiger partial charge in [0.1, 0.15) is 0 Å². The second-order valence-electron chi connectivity index (χ2n) is 8.30. The van der Waals surface area contributed by atoms with Gasteiger partial charge in [-0.15, -0.1) is 0 Å². The van der Waals surface area contributed by atoms with Crippen molar-refractivity contribution in [3.63, 3.8) is 0 Å². The van der Waals surface area contributed by atoms with Crippen molar-refractivity contribution < 1.29 is 9.53 Å². The van der Waals surface area contributed by atoms with Crippen LogP contribution in [0.25, 0.3) is 0 Å². The fourth-order valence-electron chi connectivity index (χ4n) is 5.43. The van der Waals surface area contributed by atoms with Crippen LogP contribution in [0.3, 0.4) is 0 Å². The number of ether oxygens (including phenoxy) is 1. The Balaban J connectivity index is 1.35. The Bertz CT molecular complexity index is 359. The number of hydrogen-bond acceptors (Lipinski definition) is 2. The van der Waals surface area contributed by atoms with Gasteiger partial charge in [-0.1, -0.05) is 0 Å². The van der Waals surface area contributed by atoms with Crippen LogP contribution < -0.4 is 10.6 Å². The van der Waals surface area contributed by atoms with Crippen LogP contribution in [0.1, 0.15) is 58.8 Å². The first-order chi connectivity index (χ1) is 10.5. The number of amides is 2. The minimum absolute atomic E-state index is 0.000271. The third kappa shape index (κ3) is 3.95. The summed E-state index contributed by atoms with van der Waals surface area (Å²) in [6.07, 6.45) is 9.57. The van der Waals surface area contributed by atoms with Crippen LogP contribution in [-0.4, -0.2) is 31.8 Å². The van der Waals surface area contributed by atoms with Gasteiger partial charge in [0.25, 0.3) is 0 Å². The summed E-state index contributed by atoms with van der Waals surface area (Å²) in [5.41, 5.74) is 0.423. The molecule has 22 heavy (non-hydrogen) atoms. The van der Waals surface area contributed by atoms with E-state index in [-0.39, 0.29) is 12.1 Å². The molecule has 4 nitrogen and oxygen atoms in total. The molecule has 4 rings (SSSR count). The van der Waals surface area contributed by atoms with Crippen LogP contribution in [0.5, 0.6) is 0 Å². The van der Waals surface area contributed by atoms with Gasteiger partial charge in [0.2, 0.25) is 0 Å². The molecule has 4 bridgehead atoms. The SMILES string of the molecule is CC(C)OCCCNC(=O)NCC12CC3CC(CC(C3)C1)C2. The molecule has 0 saturated heterocycles. The molecule has 0 spiro atoms. The Kier molecular flexibility index (Phi) is 4.96. The smallest absolute Gasteiger partial charge is 0.314 e. The summed E-state index contributed by atoms with van der Waals surface area (Å²) in [5, 5.41) is 6.11. The van der Waals surface area contributed by atoms with Crippen LogP contribution in [0, 0.1) is 23.2 Å². The van der Waals surface area contributed by atoms with Crippen molar-refractivity contribution >= 4 is 6.03 Å². The molecule has 0 aliphatic heterocycles. The molecular weight excluding hydrogens is 276 g/mol. The van der Waals surface area contributed by atoms with Crippen LogP contribution in [0.15, 0.2) is 0 Å². The Morgan fingerprint density at radius 3 is 2.23 bits per heavy atom. The molecule has 4 heteroatoms. The fraction of sp³-hybridized carbons (Fsp3) is 0.944. The Morgan fingerprint density at radius 2 is 1.68 bits per heavy atom. The van der Waals surface area contributed by atoms with Crippen molar-refractivity contribution in [1.82, 2.24) is 10.6 Å². The van der Waals surface area contributed by atoms with Gasteiger partial charge in [0, 0.05) is 19.7 Å². The summed E-state index contributed by atoms with van der Waals surface area (Å²) < 4.78 is 5.48. The molecule has 0 aromatic heterocycles. The lowest BCUT2D eigenvalue weighted by molar-refractivity contribution is -0.0498. The first-order valence-electron chi connectivity index (χ1n) is 9.18. The third-order valence-corrected chi connectivity index (χ3v) is 5.85. The minimum Gasteiger partial charge on any atom is -0.379 e. The molecule has 4 saturated carbocycles. The van der Waals surface area contributed by atoms with Crippen molar-refractivity contribution in [3.05, 3.63) is 0 Å². The van der Waals surface area contributed by atoms with E-state index in [1.54, 1.807) is 0 Å². The van der Waals surface area contributed by atoms with E-state index in [1.807, 2.05) is 13.8 Å². The zero-order valence-corrected chi connectivity index (χ0v) is 14.2. The van der Waals surface area contributed by atoms with Crippen LogP contribution in [0.2, 0.25) is 0 Å². The van der Waals surface area contributed by atoms with E-state index in [4.69, 9.17) is 4.74 Å². The number of hydrogen-bond donors (Lipinski definition) is 2. The zero-order chi connectivity index (χ0) is 15.6. The van der Waals surface area contributed by atoms with Crippen molar-refractivity contribution in [2.24, 2.45) is 23.2 Å². The lowest BCUT2D eigenvalue weighted by Crippen LogP contribution is -2.52. The number of carbonyl (C=O) groups excluding carboxylic acids is 1. The van der Waals surface area contributed by atoms with Crippen molar-refractivity contribution in [2.45, 2.75) is 64.9 Å². The molecule has 0 radical (unpaired) electrons. The average Bonchev–Trinajstić information content (AvgIpc) is 2.43. The highest BCUT2D eigenvalue weighted by atomic mass is 16.5. The van der Waals surface area contributed by atoms with Crippen LogP contribution in [0.4, 0.5) is 4.79 Å². The molecule has 0 aromatic rings. The molecule has 0 atom stereocenters. The van der Waals surface area contributed by atoms with E-state index in [0.29, 0.717) is 18.6 Å². The standard InChI is InChI=1S/C18H32N2O2/c1-13(2)22-5-3-4-19-17(21)20-12-18-9-14-6-15(10-18)8-16(7-14)11-18/h13-16H,3-12H2,1-2H3,(H2,19,20,21). The van der Waals surface area contributed by atoms with Crippen molar-refractivity contribution in [1.29, 1.82) is 0 Å². The second-order valence-corrected chi connectivity index (χ2v) is 8.30. The molecule has 0 heterocycles. The maximum atomic E-state index is 12.0. The van der Waals surface area contributed by atoms with Crippen LogP contribution in [-0.2, 0) is 4.74 Å². The van der Waals surface area contributed by atoms with Crippen LogP contribution >= 0.6 is 0 Å². The summed E-state index contributed by atoms with van der Waals surface area (Å²) in [7, 11) is 0. The van der Waals surface area contributed by atoms with Crippen molar-refractivity contribution in [2.75, 3.05) is 19.7 Å². The zero-order valence-electron chi connectivity index (χ0n) is 14.2. The van der Waals surface area contributed by atoms with E-state index in [1.165, 1.54) is 38.5 Å². The predicted octanol–water partition coefficient (Wildman–Crippen LogP) is 3.32. The molecule has 0 aromatic carbocycles. The number of nitrogens with one attached hydrogen (secondary N) is 2. The number of urea groups is 1. The molecule has 4 aliphatic carbocycles. The molecule has 2 N–H and O–H groups in total. The predicted molar refractivity (Wildman–Crippen MR) is 87.7 cm³/mol. The molecule has 2 amide bonds. The van der Waals surface area contributed by atoms with Gasteiger partial charge in [-0.2, -0.15) is 0 Å². The highest BCUT2D eigenvalue weighted by Gasteiger charge is 2.50. The summed E-state index contributed by atoms with van der Waals surface area (Å²) in [6, 6.07) is 0.000271. The molecule has 126 valence electrons. The van der Waals surface area contributed by atoms with E-state index < -0.39 is 0 Å². The van der Waals surface area contributed by atoms with E-state index >= 15 is 0 Å². The minimum atomic E-state index is 0.000271. The van der Waals surface area contributed by atoms with Gasteiger partial charge in [-0.3, -0.25) is 0 Å². The van der Waals surface area contributed by atoms with E-state index in [9.17, 15) is 4.79 Å². The molecule has 4 fully saturated rings. The quantitative estimate of drug-likeness (QED) is 0.709. The van der Waals surface area contributed by atoms with Gasteiger partial charge in [-0.05, 0) is 82.0 Å². The third-order valence-electron chi connectivity index (χ3n) is 5.85. The monoisotopic (exact) mass is 308 g/mol. The molecule has 4 aliphatic rings. The first kappa shape index (κ1) is 16.1. The molecule has 0 unspecified atom stereocenters. The fourth-order valence-corrected chi connectivity index (χ4v) is 5.43. The summed E-state index contributed by atoms with van der Waals surface area (Å²) in [6.45, 7) is 6.36. The number of rotatable bonds is 7. The van der Waals surface area contributed by atoms with Crippen molar-refractivity contribution in [3.8, 4) is 0 Å². The van der Waals surface area contributed by atoms with Gasteiger partial charge < -0.3 is 15.4 Å². The second kappa shape index (κ2) is 6.77. The van der Waals surface area contributed by atoms with Gasteiger partial charge in [0.15, 0.2) is 0 Å². The Hall–Kier alpha value is -0.770. The van der Waals surface area contributed by atoms with E-state index in [2.05, 4.69) is 10.6 Å². The summed E-state index contributed by atoms with van der Waals surface area (Å²) in [4.78, 5) is 12.0. The first-order valence-corrected chi connectivity index (χ1v) is 9.18. The summed E-state index contributed by atoms with van der Waals surface area (Å²) in [5.74, 6) is 2.85. The average molecular weight is 308 g/mol. The Labute approximate surface area is 134 Å². The van der Waals surface area contributed by atoms with Gasteiger partial charge in [-0.25, -0.2) is 4.79 Å². The maximum Gasteiger partial charge on any atom is 0.314 e. The topological polar surface area (TPSA) is 50.4 Å². The highest BCUT2D eigenvalue weighted by molar-refractivity contribution is 5.73. The van der Waals surface area contributed by atoms with Gasteiger partial charge in [0.05, 0.1) is 6.10 Å². The number of carbonyl (C=O) groups is 1. The lowest BCUT2D eigenvalue weighted by atomic mass is 9.49. The van der Waals surface area contributed by atoms with E-state index in [0.717, 1.165) is 30.7 Å².